The summed E-state index contributed by atoms with van der Waals surface area (Å²) in [4.78, 5) is 8.88. The summed E-state index contributed by atoms with van der Waals surface area (Å²) in [6.07, 6.45) is 3.61. The van der Waals surface area contributed by atoms with Crippen molar-refractivity contribution in [2.24, 2.45) is 4.99 Å². The van der Waals surface area contributed by atoms with Gasteiger partial charge < -0.3 is 0 Å². The van der Waals surface area contributed by atoms with Crippen molar-refractivity contribution in [1.29, 1.82) is 0 Å². The van der Waals surface area contributed by atoms with Crippen LogP contribution in [0.2, 0.25) is 0 Å². The topological polar surface area (TPSA) is 25.2 Å². The zero-order valence-corrected chi connectivity index (χ0v) is 11.1. The number of nitrogens with zero attached hydrogens (tertiary/aromatic N) is 2. The molecule has 0 saturated carbocycles. The van der Waals surface area contributed by atoms with E-state index in [1.807, 2.05) is 24.4 Å². The summed E-state index contributed by atoms with van der Waals surface area (Å²) in [5.41, 5.74) is 3.13. The first kappa shape index (κ1) is 12.5. The molecule has 0 N–H and O–H groups in total. The van der Waals surface area contributed by atoms with E-state index in [0.717, 1.165) is 5.69 Å². The van der Waals surface area contributed by atoms with E-state index in [1.54, 1.807) is 6.20 Å². The molecule has 0 bridgehead atoms. The van der Waals surface area contributed by atoms with Crippen molar-refractivity contribution in [2.45, 2.75) is 26.3 Å². The lowest BCUT2D eigenvalue weighted by molar-refractivity contribution is 0.561. The molecule has 2 aromatic rings. The number of aromatic nitrogens is 1. The van der Waals surface area contributed by atoms with E-state index in [9.17, 15) is 0 Å². The second-order valence-electron chi connectivity index (χ2n) is 4.94. The van der Waals surface area contributed by atoms with Gasteiger partial charge >= 0.3 is 0 Å². The lowest BCUT2D eigenvalue weighted by Gasteiger charge is -2.20. The maximum atomic E-state index is 4.64. The van der Waals surface area contributed by atoms with Gasteiger partial charge in [0.05, 0.1) is 11.2 Å². The zero-order valence-electron chi connectivity index (χ0n) is 11.1. The number of benzene rings is 1. The molecule has 1 aromatic heterocycles. The Hall–Kier alpha value is -1.96. The molecule has 18 heavy (non-hydrogen) atoms. The molecule has 0 amide bonds. The maximum Gasteiger partial charge on any atom is 0.0808 e. The average molecular weight is 238 g/mol. The summed E-state index contributed by atoms with van der Waals surface area (Å²) >= 11 is 0. The molecule has 1 aromatic carbocycles. The summed E-state index contributed by atoms with van der Waals surface area (Å²) in [6.45, 7) is 6.31. The van der Waals surface area contributed by atoms with Gasteiger partial charge in [-0.3, -0.25) is 9.98 Å². The fourth-order valence-electron chi connectivity index (χ4n) is 1.72. The highest BCUT2D eigenvalue weighted by Gasteiger charge is 2.17. The third-order valence-corrected chi connectivity index (χ3v) is 2.97. The summed E-state index contributed by atoms with van der Waals surface area (Å²) in [5.74, 6) is 0. The molecule has 0 aliphatic rings. The second kappa shape index (κ2) is 5.13. The third-order valence-electron chi connectivity index (χ3n) is 2.97. The number of rotatable bonds is 3. The molecular formula is C16H18N2. The smallest absolute Gasteiger partial charge is 0.0808 e. The van der Waals surface area contributed by atoms with Gasteiger partial charge in [-0.1, -0.05) is 35.9 Å². The fraction of sp³-hybridized carbons (Fsp3) is 0.250. The predicted molar refractivity (Wildman–Crippen MR) is 76.0 cm³/mol. The van der Waals surface area contributed by atoms with Crippen molar-refractivity contribution in [3.63, 3.8) is 0 Å². The van der Waals surface area contributed by atoms with Crippen molar-refractivity contribution in [3.8, 4) is 0 Å². The summed E-state index contributed by atoms with van der Waals surface area (Å²) in [5, 5.41) is 0. The number of aryl methyl sites for hydroxylation is 1. The van der Waals surface area contributed by atoms with Crippen LogP contribution in [0.1, 0.15) is 30.7 Å². The van der Waals surface area contributed by atoms with Crippen LogP contribution in [-0.2, 0) is 5.54 Å². The number of aliphatic imine (C=N–C) groups is 1. The summed E-state index contributed by atoms with van der Waals surface area (Å²) in [7, 11) is 0. The van der Waals surface area contributed by atoms with Crippen molar-refractivity contribution in [2.75, 3.05) is 0 Å². The first-order chi connectivity index (χ1) is 8.58. The van der Waals surface area contributed by atoms with E-state index in [2.05, 4.69) is 55.0 Å². The SMILES string of the molecule is Cc1ccc(C(C)(C)/N=C/c2ccccn2)cc1. The molecule has 0 aliphatic heterocycles. The van der Waals surface area contributed by atoms with Gasteiger partial charge in [-0.05, 0) is 38.5 Å². The fourth-order valence-corrected chi connectivity index (χ4v) is 1.72. The van der Waals surface area contributed by atoms with Gasteiger partial charge in [0.2, 0.25) is 0 Å². The lowest BCUT2D eigenvalue weighted by Crippen LogP contribution is -2.14. The molecule has 0 fully saturated rings. The molecular weight excluding hydrogens is 220 g/mol. The van der Waals surface area contributed by atoms with Crippen LogP contribution in [0.4, 0.5) is 0 Å². The number of hydrogen-bond donors (Lipinski definition) is 0. The Morgan fingerprint density at radius 1 is 1.06 bits per heavy atom. The van der Waals surface area contributed by atoms with Crippen molar-refractivity contribution >= 4 is 6.21 Å². The van der Waals surface area contributed by atoms with Crippen LogP contribution in [0, 0.1) is 6.92 Å². The van der Waals surface area contributed by atoms with Crippen molar-refractivity contribution in [3.05, 3.63) is 65.5 Å². The highest BCUT2D eigenvalue weighted by atomic mass is 14.8. The van der Waals surface area contributed by atoms with Crippen LogP contribution in [0.5, 0.6) is 0 Å². The predicted octanol–water partition coefficient (Wildman–Crippen LogP) is 3.74. The van der Waals surface area contributed by atoms with E-state index in [0.29, 0.717) is 0 Å². The van der Waals surface area contributed by atoms with E-state index in [4.69, 9.17) is 0 Å². The van der Waals surface area contributed by atoms with Crippen molar-refractivity contribution < 1.29 is 0 Å². The van der Waals surface area contributed by atoms with Gasteiger partial charge in [0, 0.05) is 12.4 Å². The van der Waals surface area contributed by atoms with Gasteiger partial charge in [-0.2, -0.15) is 0 Å². The highest BCUT2D eigenvalue weighted by Crippen LogP contribution is 2.24. The van der Waals surface area contributed by atoms with Crippen LogP contribution in [0.15, 0.2) is 53.7 Å². The lowest BCUT2D eigenvalue weighted by atomic mass is 9.94. The van der Waals surface area contributed by atoms with Gasteiger partial charge in [0.1, 0.15) is 0 Å². The summed E-state index contributed by atoms with van der Waals surface area (Å²) in [6, 6.07) is 14.3. The van der Waals surface area contributed by atoms with Crippen LogP contribution in [0.3, 0.4) is 0 Å². The highest BCUT2D eigenvalue weighted by molar-refractivity contribution is 5.77. The van der Waals surface area contributed by atoms with Crippen LogP contribution < -0.4 is 0 Å². The van der Waals surface area contributed by atoms with Gasteiger partial charge in [-0.25, -0.2) is 0 Å². The molecule has 0 unspecified atom stereocenters. The Morgan fingerprint density at radius 2 is 1.78 bits per heavy atom. The molecule has 2 rings (SSSR count). The molecule has 1 heterocycles. The average Bonchev–Trinajstić information content (AvgIpc) is 2.38. The minimum absolute atomic E-state index is 0.231. The Balaban J connectivity index is 2.21. The monoisotopic (exact) mass is 238 g/mol. The maximum absolute atomic E-state index is 4.64. The minimum Gasteiger partial charge on any atom is -0.280 e. The number of hydrogen-bond acceptors (Lipinski definition) is 2. The first-order valence-corrected chi connectivity index (χ1v) is 6.11. The Kier molecular flexibility index (Phi) is 3.56. The standard InChI is InChI=1S/C16H18N2/c1-13-7-9-14(10-8-13)16(2,3)18-12-15-6-4-5-11-17-15/h4-12H,1-3H3/b18-12+. The van der Waals surface area contributed by atoms with Gasteiger partial charge in [0.25, 0.3) is 0 Å². The molecule has 2 nitrogen and oxygen atoms in total. The quantitative estimate of drug-likeness (QED) is 0.748. The van der Waals surface area contributed by atoms with Crippen LogP contribution in [-0.4, -0.2) is 11.2 Å². The molecule has 0 radical (unpaired) electrons. The van der Waals surface area contributed by atoms with Crippen molar-refractivity contribution in [1.82, 2.24) is 4.98 Å². The molecule has 2 heteroatoms. The van der Waals surface area contributed by atoms with E-state index < -0.39 is 0 Å². The van der Waals surface area contributed by atoms with E-state index >= 15 is 0 Å². The van der Waals surface area contributed by atoms with E-state index in [-0.39, 0.29) is 5.54 Å². The Morgan fingerprint density at radius 3 is 2.39 bits per heavy atom. The molecule has 0 aliphatic carbocycles. The molecule has 0 atom stereocenters. The van der Waals surface area contributed by atoms with Gasteiger partial charge in [0.15, 0.2) is 0 Å². The number of pyridine rings is 1. The minimum atomic E-state index is -0.231. The first-order valence-electron chi connectivity index (χ1n) is 6.11. The van der Waals surface area contributed by atoms with Gasteiger partial charge in [-0.15, -0.1) is 0 Å². The third kappa shape index (κ3) is 3.04. The zero-order chi connectivity index (χ0) is 13.0. The largest absolute Gasteiger partial charge is 0.280 e. The summed E-state index contributed by atoms with van der Waals surface area (Å²) < 4.78 is 0. The molecule has 0 saturated heterocycles. The normalized spacial score (nSPS) is 11.9. The Labute approximate surface area is 108 Å². The van der Waals surface area contributed by atoms with Crippen LogP contribution in [0.25, 0.3) is 0 Å². The second-order valence-corrected chi connectivity index (χ2v) is 4.94. The molecule has 0 spiro atoms. The van der Waals surface area contributed by atoms with E-state index in [1.165, 1.54) is 11.1 Å². The van der Waals surface area contributed by atoms with Crippen LogP contribution >= 0.6 is 0 Å². The Bertz CT molecular complexity index is 525. The molecule has 92 valence electrons.